The fourth-order valence-corrected chi connectivity index (χ4v) is 5.40. The summed E-state index contributed by atoms with van der Waals surface area (Å²) in [5.41, 5.74) is 0.457. The van der Waals surface area contributed by atoms with E-state index in [0.29, 0.717) is 28.5 Å². The quantitative estimate of drug-likeness (QED) is 0.564. The Hall–Kier alpha value is -2.53. The number of sulfonamides is 1. The van der Waals surface area contributed by atoms with Crippen LogP contribution in [0.1, 0.15) is 12.8 Å². The second-order valence-electron chi connectivity index (χ2n) is 7.18. The third kappa shape index (κ3) is 4.78. The molecule has 2 heterocycles. The minimum atomic E-state index is -3.85. The lowest BCUT2D eigenvalue weighted by Gasteiger charge is -2.30. The molecule has 8 nitrogen and oxygen atoms in total. The molecule has 1 fully saturated rings. The predicted octanol–water partition coefficient (Wildman–Crippen LogP) is 4.22. The van der Waals surface area contributed by atoms with Crippen LogP contribution in [-0.4, -0.2) is 41.9 Å². The Labute approximate surface area is 193 Å². The standard InChI is InChI=1S/C20H17Cl2FN4O4S/c21-13-3-8-16(17(22)10-13)19-25-26-20(31-19)24-18(28)12-2-1-9-27(11-12)32(29,30)15-6-4-14(23)5-7-15/h3-8,10,12H,1-2,9,11H2,(H,24,26,28). The number of rotatable bonds is 5. The van der Waals surface area contributed by atoms with E-state index < -0.39 is 27.7 Å². The molecule has 1 N–H and O–H groups in total. The Morgan fingerprint density at radius 1 is 1.16 bits per heavy atom. The number of piperidine rings is 1. The molecule has 1 aromatic heterocycles. The van der Waals surface area contributed by atoms with E-state index in [1.165, 1.54) is 22.5 Å². The lowest BCUT2D eigenvalue weighted by molar-refractivity contribution is -0.121. The van der Waals surface area contributed by atoms with Crippen molar-refractivity contribution in [3.05, 3.63) is 58.3 Å². The maximum Gasteiger partial charge on any atom is 0.322 e. The first-order valence-corrected chi connectivity index (χ1v) is 11.8. The van der Waals surface area contributed by atoms with Crippen LogP contribution in [0.3, 0.4) is 0 Å². The molecule has 0 saturated carbocycles. The van der Waals surface area contributed by atoms with E-state index in [1.807, 2.05) is 0 Å². The molecule has 3 aromatic rings. The summed E-state index contributed by atoms with van der Waals surface area (Å²) in [6, 6.07) is 9.20. The number of nitrogens with zero attached hydrogens (tertiary/aromatic N) is 3. The Balaban J connectivity index is 1.45. The van der Waals surface area contributed by atoms with Gasteiger partial charge in [0.1, 0.15) is 5.82 Å². The summed E-state index contributed by atoms with van der Waals surface area (Å²) < 4.78 is 45.5. The van der Waals surface area contributed by atoms with Gasteiger partial charge < -0.3 is 4.42 Å². The number of carbonyl (C=O) groups is 1. The number of halogens is 3. The molecule has 1 aliphatic heterocycles. The maximum atomic E-state index is 13.1. The van der Waals surface area contributed by atoms with E-state index in [2.05, 4.69) is 15.5 Å². The van der Waals surface area contributed by atoms with Gasteiger partial charge in [-0.05, 0) is 55.3 Å². The van der Waals surface area contributed by atoms with Gasteiger partial charge in [-0.15, -0.1) is 5.10 Å². The van der Waals surface area contributed by atoms with Gasteiger partial charge in [0.15, 0.2) is 0 Å². The summed E-state index contributed by atoms with van der Waals surface area (Å²) in [6.45, 7) is 0.249. The molecule has 4 rings (SSSR count). The number of aromatic nitrogens is 2. The zero-order valence-electron chi connectivity index (χ0n) is 16.5. The molecule has 0 aliphatic carbocycles. The van der Waals surface area contributed by atoms with Crippen molar-refractivity contribution in [1.29, 1.82) is 0 Å². The highest BCUT2D eigenvalue weighted by molar-refractivity contribution is 7.89. The summed E-state index contributed by atoms with van der Waals surface area (Å²) in [5, 5.41) is 11.0. The minimum absolute atomic E-state index is 0.0183. The zero-order chi connectivity index (χ0) is 22.9. The third-order valence-electron chi connectivity index (χ3n) is 5.02. The smallest absolute Gasteiger partial charge is 0.322 e. The van der Waals surface area contributed by atoms with Crippen molar-refractivity contribution in [2.24, 2.45) is 5.92 Å². The summed E-state index contributed by atoms with van der Waals surface area (Å²) in [5.74, 6) is -1.49. The molecular formula is C20H17Cl2FN4O4S. The van der Waals surface area contributed by atoms with Crippen molar-refractivity contribution < 1.29 is 22.0 Å². The highest BCUT2D eigenvalue weighted by Crippen LogP contribution is 2.30. The third-order valence-corrected chi connectivity index (χ3v) is 7.45. The van der Waals surface area contributed by atoms with E-state index in [1.54, 1.807) is 12.1 Å². The highest BCUT2D eigenvalue weighted by Gasteiger charge is 2.34. The molecule has 0 spiro atoms. The van der Waals surface area contributed by atoms with E-state index in [4.69, 9.17) is 27.6 Å². The topological polar surface area (TPSA) is 105 Å². The van der Waals surface area contributed by atoms with Crippen molar-refractivity contribution >= 4 is 45.1 Å². The van der Waals surface area contributed by atoms with Crippen molar-refractivity contribution in [1.82, 2.24) is 14.5 Å². The fraction of sp³-hybridized carbons (Fsp3) is 0.250. The van der Waals surface area contributed by atoms with Crippen molar-refractivity contribution in [3.63, 3.8) is 0 Å². The molecular weight excluding hydrogens is 482 g/mol. The van der Waals surface area contributed by atoms with Crippen molar-refractivity contribution in [2.45, 2.75) is 17.7 Å². The number of nitrogens with one attached hydrogen (secondary N) is 1. The van der Waals surface area contributed by atoms with Gasteiger partial charge >= 0.3 is 6.01 Å². The number of anilines is 1. The van der Waals surface area contributed by atoms with Crippen LogP contribution >= 0.6 is 23.2 Å². The van der Waals surface area contributed by atoms with E-state index in [9.17, 15) is 17.6 Å². The first-order chi connectivity index (χ1) is 15.2. The Morgan fingerprint density at radius 3 is 2.62 bits per heavy atom. The van der Waals surface area contributed by atoms with Crippen LogP contribution in [0.2, 0.25) is 10.0 Å². The molecule has 1 amide bonds. The zero-order valence-corrected chi connectivity index (χ0v) is 18.8. The first-order valence-electron chi connectivity index (χ1n) is 9.59. The van der Waals surface area contributed by atoms with Crippen LogP contribution in [0.5, 0.6) is 0 Å². The van der Waals surface area contributed by atoms with E-state index in [0.717, 1.165) is 12.1 Å². The average Bonchev–Trinajstić information content (AvgIpc) is 3.22. The molecule has 0 radical (unpaired) electrons. The molecule has 32 heavy (non-hydrogen) atoms. The summed E-state index contributed by atoms with van der Waals surface area (Å²) in [6.07, 6.45) is 0.985. The normalized spacial score (nSPS) is 17.3. The summed E-state index contributed by atoms with van der Waals surface area (Å²) >= 11 is 12.0. The van der Waals surface area contributed by atoms with Gasteiger partial charge in [-0.1, -0.05) is 28.3 Å². The largest absolute Gasteiger partial charge is 0.403 e. The maximum absolute atomic E-state index is 13.1. The first kappa shape index (κ1) is 22.7. The van der Waals surface area contributed by atoms with Gasteiger partial charge in [-0.25, -0.2) is 12.8 Å². The van der Waals surface area contributed by atoms with Gasteiger partial charge in [0.2, 0.25) is 15.9 Å². The average molecular weight is 499 g/mol. The molecule has 168 valence electrons. The lowest BCUT2D eigenvalue weighted by Crippen LogP contribution is -2.43. The lowest BCUT2D eigenvalue weighted by atomic mass is 9.99. The molecule has 1 atom stereocenters. The van der Waals surface area contributed by atoms with Gasteiger partial charge in [-0.2, -0.15) is 4.31 Å². The van der Waals surface area contributed by atoms with Crippen LogP contribution in [0, 0.1) is 11.7 Å². The van der Waals surface area contributed by atoms with Gasteiger partial charge in [-0.3, -0.25) is 10.1 Å². The highest BCUT2D eigenvalue weighted by atomic mass is 35.5. The van der Waals surface area contributed by atoms with Crippen molar-refractivity contribution in [2.75, 3.05) is 18.4 Å². The number of amides is 1. The van der Waals surface area contributed by atoms with Crippen LogP contribution in [0.15, 0.2) is 51.8 Å². The molecule has 1 saturated heterocycles. The number of hydrogen-bond acceptors (Lipinski definition) is 6. The number of hydrogen-bond donors (Lipinski definition) is 1. The minimum Gasteiger partial charge on any atom is -0.403 e. The molecule has 0 bridgehead atoms. The van der Waals surface area contributed by atoms with E-state index >= 15 is 0 Å². The molecule has 2 aromatic carbocycles. The van der Waals surface area contributed by atoms with Crippen LogP contribution in [-0.2, 0) is 14.8 Å². The van der Waals surface area contributed by atoms with Crippen LogP contribution in [0.25, 0.3) is 11.5 Å². The van der Waals surface area contributed by atoms with Gasteiger partial charge in [0.05, 0.1) is 21.4 Å². The molecule has 1 aliphatic rings. The monoisotopic (exact) mass is 498 g/mol. The Kier molecular flexibility index (Phi) is 6.47. The van der Waals surface area contributed by atoms with Crippen LogP contribution in [0.4, 0.5) is 10.4 Å². The fourth-order valence-electron chi connectivity index (χ4n) is 3.38. The molecule has 1 unspecified atom stereocenters. The Morgan fingerprint density at radius 2 is 1.91 bits per heavy atom. The molecule has 12 heteroatoms. The summed E-state index contributed by atoms with van der Waals surface area (Å²) in [4.78, 5) is 12.7. The van der Waals surface area contributed by atoms with Crippen molar-refractivity contribution in [3.8, 4) is 11.5 Å². The summed E-state index contributed by atoms with van der Waals surface area (Å²) in [7, 11) is -3.85. The number of benzene rings is 2. The van der Waals surface area contributed by atoms with Gasteiger partial charge in [0, 0.05) is 18.1 Å². The van der Waals surface area contributed by atoms with E-state index in [-0.39, 0.29) is 29.9 Å². The van der Waals surface area contributed by atoms with Gasteiger partial charge in [0.25, 0.3) is 5.89 Å². The second-order valence-corrected chi connectivity index (χ2v) is 9.96. The number of carbonyl (C=O) groups excluding carboxylic acids is 1. The predicted molar refractivity (Wildman–Crippen MR) is 116 cm³/mol. The SMILES string of the molecule is O=C(Nc1nnc(-c2ccc(Cl)cc2Cl)o1)C1CCCN(S(=O)(=O)c2ccc(F)cc2)C1. The second kappa shape index (κ2) is 9.14. The van der Waals surface area contributed by atoms with Crippen LogP contribution < -0.4 is 5.32 Å². The Bertz CT molecular complexity index is 1250.